The molecular formula is C14H13N3O3. The Morgan fingerprint density at radius 2 is 2.25 bits per heavy atom. The highest BCUT2D eigenvalue weighted by molar-refractivity contribution is 5.97. The molecular weight excluding hydrogens is 258 g/mol. The Morgan fingerprint density at radius 1 is 1.45 bits per heavy atom. The summed E-state index contributed by atoms with van der Waals surface area (Å²) in [5, 5.41) is 4.71. The van der Waals surface area contributed by atoms with E-state index in [1.165, 1.54) is 6.20 Å². The van der Waals surface area contributed by atoms with E-state index in [0.29, 0.717) is 16.6 Å². The first-order chi connectivity index (χ1) is 9.61. The highest BCUT2D eigenvalue weighted by atomic mass is 16.5. The number of aromatic nitrogens is 3. The third kappa shape index (κ3) is 1.77. The molecule has 0 saturated carbocycles. The SMILES string of the molecule is CCOC(=O)c1cnn2c1[nH]c(=O)c1ccc(C)cc12. The molecule has 0 fully saturated rings. The van der Waals surface area contributed by atoms with Gasteiger partial charge in [-0.25, -0.2) is 9.31 Å². The highest BCUT2D eigenvalue weighted by Crippen LogP contribution is 2.16. The zero-order valence-corrected chi connectivity index (χ0v) is 11.1. The number of rotatable bonds is 2. The lowest BCUT2D eigenvalue weighted by Crippen LogP contribution is -2.12. The van der Waals surface area contributed by atoms with Gasteiger partial charge in [-0.05, 0) is 31.5 Å². The van der Waals surface area contributed by atoms with Crippen molar-refractivity contribution in [1.29, 1.82) is 0 Å². The summed E-state index contributed by atoms with van der Waals surface area (Å²) in [6, 6.07) is 5.47. The van der Waals surface area contributed by atoms with E-state index < -0.39 is 5.97 Å². The van der Waals surface area contributed by atoms with E-state index in [4.69, 9.17) is 4.74 Å². The summed E-state index contributed by atoms with van der Waals surface area (Å²) in [7, 11) is 0. The summed E-state index contributed by atoms with van der Waals surface area (Å²) in [6.07, 6.45) is 1.41. The minimum Gasteiger partial charge on any atom is -0.462 e. The number of H-pyrrole nitrogens is 1. The van der Waals surface area contributed by atoms with E-state index in [1.54, 1.807) is 17.5 Å². The first kappa shape index (κ1) is 12.4. The minimum atomic E-state index is -0.495. The molecule has 0 atom stereocenters. The quantitative estimate of drug-likeness (QED) is 0.719. The largest absolute Gasteiger partial charge is 0.462 e. The molecule has 3 rings (SSSR count). The molecule has 1 aromatic carbocycles. The van der Waals surface area contributed by atoms with Crippen molar-refractivity contribution < 1.29 is 9.53 Å². The second-order valence-electron chi connectivity index (χ2n) is 4.51. The Labute approximate surface area is 114 Å². The van der Waals surface area contributed by atoms with Crippen LogP contribution in [0.3, 0.4) is 0 Å². The molecule has 102 valence electrons. The smallest absolute Gasteiger partial charge is 0.343 e. The molecule has 2 heterocycles. The van der Waals surface area contributed by atoms with Crippen LogP contribution >= 0.6 is 0 Å². The lowest BCUT2D eigenvalue weighted by atomic mass is 10.2. The molecule has 0 spiro atoms. The highest BCUT2D eigenvalue weighted by Gasteiger charge is 2.16. The van der Waals surface area contributed by atoms with E-state index in [0.717, 1.165) is 5.56 Å². The summed E-state index contributed by atoms with van der Waals surface area (Å²) >= 11 is 0. The number of hydrogen-bond acceptors (Lipinski definition) is 4. The van der Waals surface area contributed by atoms with Crippen LogP contribution in [0.4, 0.5) is 0 Å². The van der Waals surface area contributed by atoms with E-state index in [-0.39, 0.29) is 17.7 Å². The fourth-order valence-electron chi connectivity index (χ4n) is 2.19. The topological polar surface area (TPSA) is 76.5 Å². The molecule has 0 bridgehead atoms. The second kappa shape index (κ2) is 4.48. The minimum absolute atomic E-state index is 0.251. The van der Waals surface area contributed by atoms with Gasteiger partial charge in [0.25, 0.3) is 5.56 Å². The maximum Gasteiger partial charge on any atom is 0.343 e. The Bertz CT molecular complexity index is 876. The van der Waals surface area contributed by atoms with Crippen LogP contribution < -0.4 is 5.56 Å². The number of ether oxygens (including phenoxy) is 1. The van der Waals surface area contributed by atoms with Crippen LogP contribution in [0.1, 0.15) is 22.8 Å². The maximum absolute atomic E-state index is 12.1. The Morgan fingerprint density at radius 3 is 3.00 bits per heavy atom. The Kier molecular flexibility index (Phi) is 2.78. The Hall–Kier alpha value is -2.63. The summed E-state index contributed by atoms with van der Waals surface area (Å²) in [5.74, 6) is -0.495. The molecule has 0 aliphatic heterocycles. The number of carbonyl (C=O) groups is 1. The van der Waals surface area contributed by atoms with E-state index in [9.17, 15) is 9.59 Å². The molecule has 0 radical (unpaired) electrons. The van der Waals surface area contributed by atoms with Crippen LogP contribution in [0.15, 0.2) is 29.2 Å². The van der Waals surface area contributed by atoms with Crippen molar-refractivity contribution in [1.82, 2.24) is 14.6 Å². The fraction of sp³-hybridized carbons (Fsp3) is 0.214. The van der Waals surface area contributed by atoms with Gasteiger partial charge >= 0.3 is 5.97 Å². The number of benzene rings is 1. The van der Waals surface area contributed by atoms with Crippen LogP contribution in [-0.4, -0.2) is 27.2 Å². The van der Waals surface area contributed by atoms with Crippen molar-refractivity contribution in [2.24, 2.45) is 0 Å². The lowest BCUT2D eigenvalue weighted by molar-refractivity contribution is 0.0528. The van der Waals surface area contributed by atoms with Crippen LogP contribution in [0.2, 0.25) is 0 Å². The fourth-order valence-corrected chi connectivity index (χ4v) is 2.19. The number of nitrogens with zero attached hydrogens (tertiary/aromatic N) is 2. The van der Waals surface area contributed by atoms with Crippen LogP contribution in [-0.2, 0) is 4.74 Å². The predicted molar refractivity (Wildman–Crippen MR) is 74.0 cm³/mol. The molecule has 0 aliphatic rings. The molecule has 0 amide bonds. The normalized spacial score (nSPS) is 11.1. The van der Waals surface area contributed by atoms with Gasteiger partial charge in [-0.3, -0.25) is 4.79 Å². The van der Waals surface area contributed by atoms with Gasteiger partial charge in [0.15, 0.2) is 5.65 Å². The zero-order valence-electron chi connectivity index (χ0n) is 11.1. The van der Waals surface area contributed by atoms with Gasteiger partial charge in [-0.15, -0.1) is 0 Å². The number of esters is 1. The van der Waals surface area contributed by atoms with Crippen molar-refractivity contribution in [3.8, 4) is 0 Å². The molecule has 2 aromatic heterocycles. The molecule has 0 aliphatic carbocycles. The Balaban J connectivity index is 2.37. The third-order valence-corrected chi connectivity index (χ3v) is 3.12. The first-order valence-corrected chi connectivity index (χ1v) is 6.29. The van der Waals surface area contributed by atoms with Crippen molar-refractivity contribution >= 4 is 22.5 Å². The molecule has 6 nitrogen and oxygen atoms in total. The number of aromatic amines is 1. The number of aryl methyl sites for hydroxylation is 1. The third-order valence-electron chi connectivity index (χ3n) is 3.12. The van der Waals surface area contributed by atoms with Gasteiger partial charge in [-0.2, -0.15) is 5.10 Å². The molecule has 3 aromatic rings. The molecule has 6 heteroatoms. The van der Waals surface area contributed by atoms with Gasteiger partial charge < -0.3 is 9.72 Å². The predicted octanol–water partition coefficient (Wildman–Crippen LogP) is 1.66. The first-order valence-electron chi connectivity index (χ1n) is 6.29. The average Bonchev–Trinajstić information content (AvgIpc) is 2.82. The number of nitrogens with one attached hydrogen (secondary N) is 1. The van der Waals surface area contributed by atoms with Crippen molar-refractivity contribution in [3.05, 3.63) is 45.9 Å². The second-order valence-corrected chi connectivity index (χ2v) is 4.51. The van der Waals surface area contributed by atoms with Gasteiger partial charge in [-0.1, -0.05) is 6.07 Å². The number of fused-ring (bicyclic) bond motifs is 3. The molecule has 0 unspecified atom stereocenters. The summed E-state index contributed by atoms with van der Waals surface area (Å²) in [5.41, 5.74) is 2.04. The monoisotopic (exact) mass is 271 g/mol. The standard InChI is InChI=1S/C14H13N3O3/c1-3-20-14(19)10-7-15-17-11-6-8(2)4-5-9(11)13(18)16-12(10)17/h4-7H,3H2,1-2H3,(H,16,18). The number of carbonyl (C=O) groups excluding carboxylic acids is 1. The van der Waals surface area contributed by atoms with Crippen LogP contribution in [0, 0.1) is 6.92 Å². The van der Waals surface area contributed by atoms with Gasteiger partial charge in [0.1, 0.15) is 5.56 Å². The van der Waals surface area contributed by atoms with Crippen molar-refractivity contribution in [3.63, 3.8) is 0 Å². The summed E-state index contributed by atoms with van der Waals surface area (Å²) in [6.45, 7) is 3.93. The molecule has 20 heavy (non-hydrogen) atoms. The summed E-state index contributed by atoms with van der Waals surface area (Å²) in [4.78, 5) is 26.6. The zero-order chi connectivity index (χ0) is 14.3. The average molecular weight is 271 g/mol. The van der Waals surface area contributed by atoms with E-state index in [2.05, 4.69) is 10.1 Å². The van der Waals surface area contributed by atoms with E-state index in [1.807, 2.05) is 19.1 Å². The van der Waals surface area contributed by atoms with Gasteiger partial charge in [0.05, 0.1) is 23.7 Å². The van der Waals surface area contributed by atoms with E-state index >= 15 is 0 Å². The van der Waals surface area contributed by atoms with Gasteiger partial charge in [0.2, 0.25) is 0 Å². The lowest BCUT2D eigenvalue weighted by Gasteiger charge is -2.03. The maximum atomic E-state index is 12.1. The molecule has 0 saturated heterocycles. The van der Waals surface area contributed by atoms with Gasteiger partial charge in [0, 0.05) is 0 Å². The summed E-state index contributed by atoms with van der Waals surface area (Å²) < 4.78 is 6.51. The van der Waals surface area contributed by atoms with Crippen LogP contribution in [0.5, 0.6) is 0 Å². The van der Waals surface area contributed by atoms with Crippen molar-refractivity contribution in [2.45, 2.75) is 13.8 Å². The van der Waals surface area contributed by atoms with Crippen LogP contribution in [0.25, 0.3) is 16.6 Å². The molecule has 1 N–H and O–H groups in total. The number of hydrogen-bond donors (Lipinski definition) is 1. The van der Waals surface area contributed by atoms with Crippen molar-refractivity contribution in [2.75, 3.05) is 6.61 Å².